The summed E-state index contributed by atoms with van der Waals surface area (Å²) >= 11 is 3.01. The first-order chi connectivity index (χ1) is 15.5. The third-order valence-corrected chi connectivity index (χ3v) is 7.23. The number of rotatable bonds is 5. The number of thioether (sulfide) groups is 1. The zero-order valence-electron chi connectivity index (χ0n) is 18.1. The van der Waals surface area contributed by atoms with Crippen LogP contribution in [-0.4, -0.2) is 43.4 Å². The molecule has 0 radical (unpaired) electrons. The summed E-state index contributed by atoms with van der Waals surface area (Å²) < 4.78 is 1.71. The fraction of sp³-hybridized carbons (Fsp3) is 0.261. The van der Waals surface area contributed by atoms with Gasteiger partial charge in [0.25, 0.3) is 0 Å². The molecule has 1 aliphatic heterocycles. The van der Waals surface area contributed by atoms with Crippen molar-refractivity contribution in [2.75, 3.05) is 17.2 Å². The van der Waals surface area contributed by atoms with Crippen LogP contribution in [0, 0.1) is 20.8 Å². The van der Waals surface area contributed by atoms with Crippen LogP contribution in [0.2, 0.25) is 0 Å². The normalized spacial score (nSPS) is 12.9. The molecule has 0 spiro atoms. The molecule has 0 aliphatic carbocycles. The lowest BCUT2D eigenvalue weighted by molar-refractivity contribution is -0.116. The third kappa shape index (κ3) is 3.93. The molecule has 1 amide bonds. The van der Waals surface area contributed by atoms with E-state index in [9.17, 15) is 4.79 Å². The number of fused-ring (bicyclic) bond motifs is 1. The second-order valence-electron chi connectivity index (χ2n) is 7.84. The van der Waals surface area contributed by atoms with Gasteiger partial charge in [0.2, 0.25) is 11.1 Å². The van der Waals surface area contributed by atoms with Gasteiger partial charge in [-0.25, -0.2) is 4.98 Å². The lowest BCUT2D eigenvalue weighted by Gasteiger charge is -2.17. The number of aromatic nitrogens is 5. The van der Waals surface area contributed by atoms with Gasteiger partial charge in [0.15, 0.2) is 0 Å². The Labute approximate surface area is 194 Å². The molecule has 9 heteroatoms. The molecule has 2 aromatic heterocycles. The summed E-state index contributed by atoms with van der Waals surface area (Å²) in [4.78, 5) is 19.5. The van der Waals surface area contributed by atoms with E-state index in [4.69, 9.17) is 0 Å². The van der Waals surface area contributed by atoms with E-state index in [0.29, 0.717) is 11.7 Å². The fourth-order valence-corrected chi connectivity index (χ4v) is 5.27. The standard InChI is InChI=1S/C23H22N6OS2/c1-14-4-5-15(2)21(10-14)29-23(25-26-27-29)32-13-22(30)28-9-8-18-11-17(6-7-20(18)28)19-12-31-16(3)24-19/h4-7,10-12H,8-9,13H2,1-3H3. The number of benzene rings is 2. The van der Waals surface area contributed by atoms with E-state index in [2.05, 4.69) is 44.1 Å². The molecule has 5 rings (SSSR count). The zero-order chi connectivity index (χ0) is 22.2. The van der Waals surface area contributed by atoms with Crippen LogP contribution in [0.1, 0.15) is 21.7 Å². The first-order valence-corrected chi connectivity index (χ1v) is 12.2. The lowest BCUT2D eigenvalue weighted by atomic mass is 10.1. The quantitative estimate of drug-likeness (QED) is 0.409. The Kier molecular flexibility index (Phi) is 5.52. The molecule has 32 heavy (non-hydrogen) atoms. The van der Waals surface area contributed by atoms with E-state index in [1.807, 2.05) is 43.9 Å². The Morgan fingerprint density at radius 3 is 2.81 bits per heavy atom. The number of carbonyl (C=O) groups is 1. The number of tetrazole rings is 1. The number of carbonyl (C=O) groups excluding carboxylic acids is 1. The first-order valence-electron chi connectivity index (χ1n) is 10.3. The maximum absolute atomic E-state index is 13.0. The van der Waals surface area contributed by atoms with Gasteiger partial charge in [-0.15, -0.1) is 16.4 Å². The second-order valence-corrected chi connectivity index (χ2v) is 9.85. The number of nitrogens with zero attached hydrogens (tertiary/aromatic N) is 6. The minimum absolute atomic E-state index is 0.0570. The van der Waals surface area contributed by atoms with Crippen molar-refractivity contribution in [1.82, 2.24) is 25.2 Å². The molecule has 162 valence electrons. The number of hydrogen-bond donors (Lipinski definition) is 0. The second kappa shape index (κ2) is 8.48. The Morgan fingerprint density at radius 2 is 2.00 bits per heavy atom. The molecular formula is C23H22N6OS2. The van der Waals surface area contributed by atoms with Crippen LogP contribution < -0.4 is 4.90 Å². The van der Waals surface area contributed by atoms with Gasteiger partial charge in [0, 0.05) is 23.2 Å². The first kappa shape index (κ1) is 20.8. The number of thiazole rings is 1. The minimum Gasteiger partial charge on any atom is -0.311 e. The van der Waals surface area contributed by atoms with Crippen LogP contribution >= 0.6 is 23.1 Å². The van der Waals surface area contributed by atoms with E-state index >= 15 is 0 Å². The van der Waals surface area contributed by atoms with Crippen molar-refractivity contribution >= 4 is 34.7 Å². The van der Waals surface area contributed by atoms with Crippen LogP contribution in [-0.2, 0) is 11.2 Å². The molecule has 0 fully saturated rings. The number of aryl methyl sites for hydroxylation is 3. The molecule has 0 bridgehead atoms. The predicted molar refractivity (Wildman–Crippen MR) is 128 cm³/mol. The molecule has 0 atom stereocenters. The zero-order valence-corrected chi connectivity index (χ0v) is 19.7. The van der Waals surface area contributed by atoms with Crippen LogP contribution in [0.3, 0.4) is 0 Å². The van der Waals surface area contributed by atoms with Crippen molar-refractivity contribution in [3.8, 4) is 16.9 Å². The average Bonchev–Trinajstić information content (AvgIpc) is 3.52. The van der Waals surface area contributed by atoms with Gasteiger partial charge in [-0.1, -0.05) is 30.0 Å². The van der Waals surface area contributed by atoms with Crippen LogP contribution in [0.4, 0.5) is 5.69 Å². The predicted octanol–water partition coefficient (Wildman–Crippen LogP) is 4.39. The van der Waals surface area contributed by atoms with E-state index < -0.39 is 0 Å². The molecule has 0 saturated heterocycles. The number of hydrogen-bond acceptors (Lipinski definition) is 7. The summed E-state index contributed by atoms with van der Waals surface area (Å²) in [5, 5.41) is 15.9. The highest BCUT2D eigenvalue weighted by Gasteiger charge is 2.26. The Bertz CT molecular complexity index is 1310. The summed E-state index contributed by atoms with van der Waals surface area (Å²) in [6.45, 7) is 6.76. The van der Waals surface area contributed by atoms with E-state index in [0.717, 1.165) is 45.2 Å². The topological polar surface area (TPSA) is 76.8 Å². The van der Waals surface area contributed by atoms with Crippen molar-refractivity contribution in [2.45, 2.75) is 32.3 Å². The fourth-order valence-electron chi connectivity index (χ4n) is 3.89. The molecule has 0 N–H and O–H groups in total. The van der Waals surface area contributed by atoms with Gasteiger partial charge >= 0.3 is 0 Å². The number of anilines is 1. The maximum atomic E-state index is 13.0. The van der Waals surface area contributed by atoms with Crippen molar-refractivity contribution in [3.05, 3.63) is 63.5 Å². The van der Waals surface area contributed by atoms with Crippen molar-refractivity contribution in [3.63, 3.8) is 0 Å². The van der Waals surface area contributed by atoms with E-state index in [1.54, 1.807) is 16.0 Å². The van der Waals surface area contributed by atoms with Gasteiger partial charge < -0.3 is 4.90 Å². The molecule has 0 unspecified atom stereocenters. The highest BCUT2D eigenvalue weighted by molar-refractivity contribution is 7.99. The van der Waals surface area contributed by atoms with Crippen molar-refractivity contribution < 1.29 is 4.79 Å². The van der Waals surface area contributed by atoms with Crippen molar-refractivity contribution in [2.24, 2.45) is 0 Å². The largest absolute Gasteiger partial charge is 0.311 e. The monoisotopic (exact) mass is 462 g/mol. The van der Waals surface area contributed by atoms with Crippen LogP contribution in [0.25, 0.3) is 16.9 Å². The van der Waals surface area contributed by atoms with Gasteiger partial charge in [0.05, 0.1) is 22.1 Å². The summed E-state index contributed by atoms with van der Waals surface area (Å²) in [5.41, 5.74) is 7.41. The lowest BCUT2D eigenvalue weighted by Crippen LogP contribution is -2.30. The molecule has 7 nitrogen and oxygen atoms in total. The third-order valence-electron chi connectivity index (χ3n) is 5.55. The molecule has 1 aliphatic rings. The molecular weight excluding hydrogens is 440 g/mol. The van der Waals surface area contributed by atoms with Crippen LogP contribution in [0.5, 0.6) is 0 Å². The van der Waals surface area contributed by atoms with Gasteiger partial charge in [-0.2, -0.15) is 4.68 Å². The summed E-state index contributed by atoms with van der Waals surface area (Å²) in [6, 6.07) is 12.4. The Hall–Kier alpha value is -3.04. The van der Waals surface area contributed by atoms with Crippen molar-refractivity contribution in [1.29, 1.82) is 0 Å². The smallest absolute Gasteiger partial charge is 0.237 e. The summed E-state index contributed by atoms with van der Waals surface area (Å²) in [5.74, 6) is 0.332. The minimum atomic E-state index is 0.0570. The summed E-state index contributed by atoms with van der Waals surface area (Å²) in [6.07, 6.45) is 0.850. The Morgan fingerprint density at radius 1 is 1.12 bits per heavy atom. The maximum Gasteiger partial charge on any atom is 0.237 e. The van der Waals surface area contributed by atoms with Crippen LogP contribution in [0.15, 0.2) is 46.9 Å². The van der Waals surface area contributed by atoms with E-state index in [-0.39, 0.29) is 11.7 Å². The van der Waals surface area contributed by atoms with Gasteiger partial charge in [-0.3, -0.25) is 4.79 Å². The Balaban J connectivity index is 1.31. The molecule has 3 heterocycles. The summed E-state index contributed by atoms with van der Waals surface area (Å²) in [7, 11) is 0. The van der Waals surface area contributed by atoms with Gasteiger partial charge in [0.1, 0.15) is 0 Å². The molecule has 4 aromatic rings. The van der Waals surface area contributed by atoms with E-state index in [1.165, 1.54) is 17.3 Å². The number of amides is 1. The average molecular weight is 463 g/mol. The molecule has 2 aromatic carbocycles. The highest BCUT2D eigenvalue weighted by atomic mass is 32.2. The van der Waals surface area contributed by atoms with Gasteiger partial charge in [-0.05, 0) is 72.5 Å². The molecule has 0 saturated carbocycles. The SMILES string of the molecule is Cc1ccc(C)c(-n2nnnc2SCC(=O)N2CCc3cc(-c4csc(C)n4)ccc32)c1. The highest BCUT2D eigenvalue weighted by Crippen LogP contribution is 2.33.